The molecule has 0 amide bonds. The molecular weight excluding hydrogens is 293 g/mol. The molecule has 4 nitrogen and oxygen atoms in total. The highest BCUT2D eigenvalue weighted by Gasteiger charge is 2.21. The van der Waals surface area contributed by atoms with Gasteiger partial charge in [0.15, 0.2) is 11.5 Å². The zero-order valence-electron chi connectivity index (χ0n) is 9.88. The maximum Gasteiger partial charge on any atom is 0.177 e. The van der Waals surface area contributed by atoms with Gasteiger partial charge >= 0.3 is 0 Å². The van der Waals surface area contributed by atoms with Gasteiger partial charge in [-0.3, -0.25) is 0 Å². The summed E-state index contributed by atoms with van der Waals surface area (Å²) in [4.78, 5) is 0. The van der Waals surface area contributed by atoms with E-state index in [9.17, 15) is 9.50 Å². The highest BCUT2D eigenvalue weighted by atomic mass is 79.9. The molecule has 1 unspecified atom stereocenters. The number of hydrogen-bond donors (Lipinski definition) is 2. The number of aliphatic hydroxyl groups excluding tert-OH is 1. The van der Waals surface area contributed by atoms with E-state index in [0.717, 1.165) is 0 Å². The highest BCUT2D eigenvalue weighted by molar-refractivity contribution is 9.10. The Morgan fingerprint density at radius 2 is 2.12 bits per heavy atom. The van der Waals surface area contributed by atoms with E-state index < -0.39 is 11.9 Å². The molecule has 1 aromatic rings. The van der Waals surface area contributed by atoms with Gasteiger partial charge in [-0.15, -0.1) is 0 Å². The Morgan fingerprint density at radius 1 is 1.47 bits per heavy atom. The molecule has 17 heavy (non-hydrogen) atoms. The average Bonchev–Trinajstić information content (AvgIpc) is 2.32. The van der Waals surface area contributed by atoms with Crippen LogP contribution in [0.15, 0.2) is 10.5 Å². The van der Waals surface area contributed by atoms with Crippen molar-refractivity contribution in [1.82, 2.24) is 5.32 Å². The fourth-order valence-corrected chi connectivity index (χ4v) is 2.08. The standard InChI is InChI=1S/C11H15BrFNO3/c1-14-5-7(15)6-4-8(16-2)11(17-3)9(12)10(6)13/h4,7,14-15H,5H2,1-3H3. The third-order valence-corrected chi connectivity index (χ3v) is 3.04. The molecule has 0 heterocycles. The normalized spacial score (nSPS) is 12.4. The molecule has 0 bridgehead atoms. The molecule has 0 aliphatic carbocycles. The smallest absolute Gasteiger partial charge is 0.177 e. The van der Waals surface area contributed by atoms with Gasteiger partial charge in [0.05, 0.1) is 24.8 Å². The molecule has 0 aromatic heterocycles. The number of ether oxygens (including phenoxy) is 2. The molecule has 0 aliphatic rings. The van der Waals surface area contributed by atoms with Crippen LogP contribution in [0.4, 0.5) is 4.39 Å². The van der Waals surface area contributed by atoms with Crippen molar-refractivity contribution in [1.29, 1.82) is 0 Å². The summed E-state index contributed by atoms with van der Waals surface area (Å²) in [6.07, 6.45) is -0.948. The summed E-state index contributed by atoms with van der Waals surface area (Å²) in [6.45, 7) is 0.249. The number of aliphatic hydroxyl groups is 1. The lowest BCUT2D eigenvalue weighted by Crippen LogP contribution is -2.18. The first-order chi connectivity index (χ1) is 8.06. The second kappa shape index (κ2) is 6.18. The highest BCUT2D eigenvalue weighted by Crippen LogP contribution is 2.40. The van der Waals surface area contributed by atoms with Crippen molar-refractivity contribution in [3.8, 4) is 11.5 Å². The molecule has 1 atom stereocenters. The van der Waals surface area contributed by atoms with Crippen LogP contribution >= 0.6 is 15.9 Å². The minimum atomic E-state index is -0.948. The van der Waals surface area contributed by atoms with E-state index in [4.69, 9.17) is 9.47 Å². The van der Waals surface area contributed by atoms with E-state index in [0.29, 0.717) is 5.75 Å². The van der Waals surface area contributed by atoms with Crippen LogP contribution in [0, 0.1) is 5.82 Å². The number of hydrogen-bond acceptors (Lipinski definition) is 4. The lowest BCUT2D eigenvalue weighted by atomic mass is 10.1. The Balaban J connectivity index is 3.28. The first-order valence-corrected chi connectivity index (χ1v) is 5.78. The van der Waals surface area contributed by atoms with Gasteiger partial charge in [-0.25, -0.2) is 4.39 Å². The summed E-state index contributed by atoms with van der Waals surface area (Å²) in [5.74, 6) is 0.0849. The molecule has 2 N–H and O–H groups in total. The van der Waals surface area contributed by atoms with Crippen molar-refractivity contribution in [2.24, 2.45) is 0 Å². The van der Waals surface area contributed by atoms with E-state index >= 15 is 0 Å². The van der Waals surface area contributed by atoms with Crippen LogP contribution in [-0.2, 0) is 0 Å². The van der Waals surface area contributed by atoms with E-state index in [-0.39, 0.29) is 22.3 Å². The third-order valence-electron chi connectivity index (χ3n) is 2.34. The fourth-order valence-electron chi connectivity index (χ4n) is 1.49. The van der Waals surface area contributed by atoms with Gasteiger partial charge in [0, 0.05) is 12.1 Å². The molecule has 0 aliphatic heterocycles. The van der Waals surface area contributed by atoms with Crippen LogP contribution in [0.2, 0.25) is 0 Å². The molecule has 6 heteroatoms. The van der Waals surface area contributed by atoms with Gasteiger partial charge in [0.2, 0.25) is 0 Å². The summed E-state index contributed by atoms with van der Waals surface area (Å²) >= 11 is 3.09. The van der Waals surface area contributed by atoms with Crippen molar-refractivity contribution in [2.45, 2.75) is 6.10 Å². The maximum absolute atomic E-state index is 14.0. The summed E-state index contributed by atoms with van der Waals surface area (Å²) in [7, 11) is 4.55. The minimum absolute atomic E-state index is 0.143. The van der Waals surface area contributed by atoms with Gasteiger partial charge in [0.25, 0.3) is 0 Å². The molecule has 96 valence electrons. The zero-order valence-corrected chi connectivity index (χ0v) is 11.5. The van der Waals surface area contributed by atoms with E-state index in [2.05, 4.69) is 21.2 Å². The lowest BCUT2D eigenvalue weighted by Gasteiger charge is -2.16. The van der Waals surface area contributed by atoms with Crippen molar-refractivity contribution in [2.75, 3.05) is 27.8 Å². The second-order valence-electron chi connectivity index (χ2n) is 3.40. The Hall–Kier alpha value is -0.850. The first-order valence-electron chi connectivity index (χ1n) is 4.99. The Morgan fingerprint density at radius 3 is 2.59 bits per heavy atom. The summed E-state index contributed by atoms with van der Waals surface area (Å²) < 4.78 is 24.2. The monoisotopic (exact) mass is 307 g/mol. The molecule has 0 saturated carbocycles. The Bertz CT molecular complexity index is 401. The quantitative estimate of drug-likeness (QED) is 0.872. The van der Waals surface area contributed by atoms with Crippen molar-refractivity contribution >= 4 is 15.9 Å². The van der Waals surface area contributed by atoms with Gasteiger partial charge in [0.1, 0.15) is 5.82 Å². The van der Waals surface area contributed by atoms with Crippen LogP contribution < -0.4 is 14.8 Å². The van der Waals surface area contributed by atoms with Crippen LogP contribution in [0.5, 0.6) is 11.5 Å². The van der Waals surface area contributed by atoms with Crippen LogP contribution in [0.1, 0.15) is 11.7 Å². The van der Waals surface area contributed by atoms with Crippen molar-refractivity contribution in [3.05, 3.63) is 21.9 Å². The zero-order chi connectivity index (χ0) is 13.0. The van der Waals surface area contributed by atoms with Gasteiger partial charge in [-0.2, -0.15) is 0 Å². The largest absolute Gasteiger partial charge is 0.493 e. The van der Waals surface area contributed by atoms with E-state index in [1.54, 1.807) is 7.05 Å². The predicted octanol–water partition coefficient (Wildman–Crippen LogP) is 1.86. The summed E-state index contributed by atoms with van der Waals surface area (Å²) in [6, 6.07) is 1.43. The third kappa shape index (κ3) is 2.88. The SMILES string of the molecule is CNCC(O)c1cc(OC)c(OC)c(Br)c1F. The molecule has 1 aromatic carbocycles. The molecule has 1 rings (SSSR count). The Labute approximate surface area is 108 Å². The molecule has 0 spiro atoms. The fraction of sp³-hybridized carbons (Fsp3) is 0.455. The molecule has 0 radical (unpaired) electrons. The number of methoxy groups -OCH3 is 2. The van der Waals surface area contributed by atoms with Crippen LogP contribution in [0.25, 0.3) is 0 Å². The van der Waals surface area contributed by atoms with Gasteiger partial charge < -0.3 is 19.9 Å². The number of benzene rings is 1. The van der Waals surface area contributed by atoms with E-state index in [1.807, 2.05) is 0 Å². The number of likely N-dealkylation sites (N-methyl/N-ethyl adjacent to an activating group) is 1. The molecule has 0 fully saturated rings. The van der Waals surface area contributed by atoms with Crippen LogP contribution in [0.3, 0.4) is 0 Å². The average molecular weight is 308 g/mol. The number of halogens is 2. The predicted molar refractivity (Wildman–Crippen MR) is 66.1 cm³/mol. The second-order valence-corrected chi connectivity index (χ2v) is 4.20. The summed E-state index contributed by atoms with van der Waals surface area (Å²) in [5, 5.41) is 12.6. The minimum Gasteiger partial charge on any atom is -0.493 e. The summed E-state index contributed by atoms with van der Waals surface area (Å²) in [5.41, 5.74) is 0.156. The van der Waals surface area contributed by atoms with Crippen molar-refractivity contribution < 1.29 is 19.0 Å². The van der Waals surface area contributed by atoms with Crippen LogP contribution in [-0.4, -0.2) is 32.9 Å². The maximum atomic E-state index is 14.0. The number of rotatable bonds is 5. The number of nitrogens with one attached hydrogen (secondary N) is 1. The molecule has 0 saturated heterocycles. The Kier molecular flexibility index (Phi) is 5.17. The lowest BCUT2D eigenvalue weighted by molar-refractivity contribution is 0.172. The van der Waals surface area contributed by atoms with E-state index in [1.165, 1.54) is 20.3 Å². The van der Waals surface area contributed by atoms with Gasteiger partial charge in [-0.1, -0.05) is 0 Å². The van der Waals surface area contributed by atoms with Gasteiger partial charge in [-0.05, 0) is 29.0 Å². The molecular formula is C11H15BrFNO3. The van der Waals surface area contributed by atoms with Crippen molar-refractivity contribution in [3.63, 3.8) is 0 Å². The first kappa shape index (κ1) is 14.2. The topological polar surface area (TPSA) is 50.7 Å².